The van der Waals surface area contributed by atoms with E-state index < -0.39 is 47.8 Å². The van der Waals surface area contributed by atoms with Gasteiger partial charge in [0.2, 0.25) is 29.5 Å². The zero-order chi connectivity index (χ0) is 43.6. The number of hydrogen-bond acceptors (Lipinski definition) is 7. The predicted octanol–water partition coefficient (Wildman–Crippen LogP) is 3.38. The molecule has 0 saturated carbocycles. The van der Waals surface area contributed by atoms with Crippen molar-refractivity contribution in [1.82, 2.24) is 36.2 Å². The van der Waals surface area contributed by atoms with Gasteiger partial charge in [0, 0.05) is 75.5 Å². The molecule has 0 aliphatic rings. The van der Waals surface area contributed by atoms with Crippen molar-refractivity contribution < 1.29 is 24.0 Å². The monoisotopic (exact) mass is 830 g/mol. The molecule has 0 bridgehead atoms. The van der Waals surface area contributed by atoms with Gasteiger partial charge in [-0.05, 0) is 94.4 Å². The molecule has 0 radical (unpaired) electrons. The van der Waals surface area contributed by atoms with Crippen LogP contribution in [0.4, 0.5) is 0 Å². The fourth-order valence-electron chi connectivity index (χ4n) is 8.16. The first-order chi connectivity index (χ1) is 29.4. The summed E-state index contributed by atoms with van der Waals surface area (Å²) in [6, 6.07) is 18.6. The Morgan fingerprint density at radius 2 is 0.869 bits per heavy atom. The number of benzene rings is 3. The Hall–Kier alpha value is -6.45. The van der Waals surface area contributed by atoms with Crippen molar-refractivity contribution in [2.45, 2.75) is 96.3 Å². The third-order valence-corrected chi connectivity index (χ3v) is 11.4. The Labute approximate surface area is 354 Å². The molecule has 4 atom stereocenters. The molecule has 322 valence electrons. The van der Waals surface area contributed by atoms with Crippen LogP contribution in [0.25, 0.3) is 32.7 Å². The van der Waals surface area contributed by atoms with Crippen LogP contribution in [0.2, 0.25) is 0 Å². The highest BCUT2D eigenvalue weighted by atomic mass is 16.2. The quantitative estimate of drug-likeness (QED) is 0.0484. The molecule has 6 rings (SSSR count). The number of hydrogen-bond donors (Lipinski definition) is 10. The molecule has 3 aromatic heterocycles. The van der Waals surface area contributed by atoms with Gasteiger partial charge >= 0.3 is 0 Å². The third kappa shape index (κ3) is 10.7. The summed E-state index contributed by atoms with van der Waals surface area (Å²) in [6.07, 6.45) is 2.28. The highest BCUT2D eigenvalue weighted by molar-refractivity contribution is 5.97. The van der Waals surface area contributed by atoms with Crippen molar-refractivity contribution in [3.05, 3.63) is 107 Å². The van der Waals surface area contributed by atoms with E-state index in [0.717, 1.165) is 66.5 Å². The van der Waals surface area contributed by atoms with Gasteiger partial charge in [0.15, 0.2) is 0 Å². The normalized spacial score (nSPS) is 13.5. The molecular formula is C46H58N10O5. The Morgan fingerprint density at radius 3 is 1.25 bits per heavy atom. The molecular weight excluding hydrogens is 773 g/mol. The van der Waals surface area contributed by atoms with E-state index in [1.807, 2.05) is 93.6 Å². The summed E-state index contributed by atoms with van der Waals surface area (Å²) in [5, 5.41) is 14.3. The molecule has 0 aliphatic heterocycles. The molecule has 61 heavy (non-hydrogen) atoms. The average molecular weight is 831 g/mol. The van der Waals surface area contributed by atoms with Crippen LogP contribution < -0.4 is 38.5 Å². The first-order valence-electron chi connectivity index (χ1n) is 21.0. The van der Waals surface area contributed by atoms with Crippen LogP contribution in [0.15, 0.2) is 72.8 Å². The van der Waals surface area contributed by atoms with Gasteiger partial charge in [0.1, 0.15) is 24.2 Å². The lowest BCUT2D eigenvalue weighted by atomic mass is 9.98. The highest BCUT2D eigenvalue weighted by Gasteiger charge is 2.33. The molecule has 0 fully saturated rings. The van der Waals surface area contributed by atoms with Crippen LogP contribution in [0.1, 0.15) is 65.9 Å². The zero-order valence-electron chi connectivity index (χ0n) is 35.1. The predicted molar refractivity (Wildman–Crippen MR) is 238 cm³/mol. The number of para-hydroxylation sites is 3. The summed E-state index contributed by atoms with van der Waals surface area (Å²) in [5.74, 6) is -2.87. The smallest absolute Gasteiger partial charge is 0.243 e. The number of nitrogens with one attached hydrogen (secondary N) is 7. The summed E-state index contributed by atoms with van der Waals surface area (Å²) in [5.41, 5.74) is 24.7. The highest BCUT2D eigenvalue weighted by Crippen LogP contribution is 2.26. The molecule has 15 heteroatoms. The number of aromatic amines is 3. The Morgan fingerprint density at radius 1 is 0.508 bits per heavy atom. The van der Waals surface area contributed by atoms with E-state index in [9.17, 15) is 24.0 Å². The van der Waals surface area contributed by atoms with E-state index in [2.05, 4.69) is 36.2 Å². The van der Waals surface area contributed by atoms with E-state index in [-0.39, 0.29) is 38.0 Å². The zero-order valence-corrected chi connectivity index (χ0v) is 35.1. The van der Waals surface area contributed by atoms with Gasteiger partial charge in [0.05, 0.1) is 0 Å². The van der Waals surface area contributed by atoms with Crippen LogP contribution in [-0.4, -0.2) is 81.7 Å². The molecule has 3 aromatic carbocycles. The van der Waals surface area contributed by atoms with Crippen molar-refractivity contribution >= 4 is 62.2 Å². The number of amides is 5. The standard InChI is InChI=1S/C46H58N10O5/c1-26-32(29-13-4-7-16-35(29)50-26)23-39(53-42(57)20-12-22-48)44(59)55-41(25-34-28(3)52-37-18-9-6-15-31(34)37)46(61)56-40(45(60)54-38(43(49)58)19-10-11-21-47)24-33-27(2)51-36-17-8-5-14-30(33)36/h4-9,13-18,38-41,50-52H,10-12,19-25,47-48H2,1-3H3,(H2,49,58)(H,53,57)(H,54,60)(H,55,59)(H,56,61)/t38-,39+,40-,41+/m0/s1. The maximum Gasteiger partial charge on any atom is 0.243 e. The maximum absolute atomic E-state index is 14.9. The number of carbonyl (C=O) groups excluding carboxylic acids is 5. The lowest BCUT2D eigenvalue weighted by Crippen LogP contribution is -2.59. The number of aryl methyl sites for hydroxylation is 3. The number of primary amides is 1. The van der Waals surface area contributed by atoms with Crippen molar-refractivity contribution in [2.75, 3.05) is 13.1 Å². The lowest BCUT2D eigenvalue weighted by molar-refractivity contribution is -0.134. The Balaban J connectivity index is 1.36. The van der Waals surface area contributed by atoms with Gasteiger partial charge in [-0.1, -0.05) is 54.6 Å². The minimum absolute atomic E-state index is 0.0524. The van der Waals surface area contributed by atoms with E-state index in [4.69, 9.17) is 17.2 Å². The topological polar surface area (TPSA) is 259 Å². The minimum Gasteiger partial charge on any atom is -0.368 e. The number of H-pyrrole nitrogens is 3. The fraction of sp³-hybridized carbons (Fsp3) is 0.370. The van der Waals surface area contributed by atoms with Crippen molar-refractivity contribution in [3.8, 4) is 0 Å². The van der Waals surface area contributed by atoms with E-state index in [1.165, 1.54) is 0 Å². The third-order valence-electron chi connectivity index (χ3n) is 11.4. The van der Waals surface area contributed by atoms with Crippen molar-refractivity contribution in [1.29, 1.82) is 0 Å². The summed E-state index contributed by atoms with van der Waals surface area (Å²) < 4.78 is 0. The number of nitrogens with two attached hydrogens (primary N) is 3. The molecule has 6 aromatic rings. The van der Waals surface area contributed by atoms with E-state index in [1.54, 1.807) is 0 Å². The molecule has 3 heterocycles. The molecule has 15 nitrogen and oxygen atoms in total. The summed E-state index contributed by atoms with van der Waals surface area (Å²) in [4.78, 5) is 79.7. The second-order valence-corrected chi connectivity index (χ2v) is 15.8. The number of unbranched alkanes of at least 4 members (excludes halogenated alkanes) is 1. The molecule has 13 N–H and O–H groups in total. The number of carbonyl (C=O) groups is 5. The minimum atomic E-state index is -1.21. The van der Waals surface area contributed by atoms with Gasteiger partial charge < -0.3 is 53.4 Å². The van der Waals surface area contributed by atoms with Crippen LogP contribution >= 0.6 is 0 Å². The van der Waals surface area contributed by atoms with Crippen LogP contribution in [0, 0.1) is 20.8 Å². The molecule has 0 saturated heterocycles. The van der Waals surface area contributed by atoms with Gasteiger partial charge in [-0.3, -0.25) is 24.0 Å². The fourth-order valence-corrected chi connectivity index (χ4v) is 8.16. The van der Waals surface area contributed by atoms with Crippen LogP contribution in [0.3, 0.4) is 0 Å². The second-order valence-electron chi connectivity index (χ2n) is 15.8. The summed E-state index contributed by atoms with van der Waals surface area (Å²) in [6.45, 7) is 6.43. The first-order valence-corrected chi connectivity index (χ1v) is 21.0. The summed E-state index contributed by atoms with van der Waals surface area (Å²) >= 11 is 0. The Bertz CT molecular complexity index is 2520. The molecule has 5 amide bonds. The lowest BCUT2D eigenvalue weighted by Gasteiger charge is -2.27. The molecule has 0 aliphatic carbocycles. The number of rotatable bonds is 21. The van der Waals surface area contributed by atoms with Gasteiger partial charge in [-0.2, -0.15) is 0 Å². The van der Waals surface area contributed by atoms with E-state index in [0.29, 0.717) is 32.4 Å². The molecule has 0 spiro atoms. The van der Waals surface area contributed by atoms with Crippen molar-refractivity contribution in [2.24, 2.45) is 17.2 Å². The SMILES string of the molecule is Cc1[nH]c2ccccc2c1C[C@H](NC(=O)[C@@H](Cc1c(C)[nH]c2ccccc12)NC(=O)[C@@H](Cc1c(C)[nH]c2ccccc12)NC(=O)CCCN)C(=O)N[C@@H](CCCCN)C(N)=O. The second kappa shape index (κ2) is 20.2. The number of fused-ring (bicyclic) bond motifs is 3. The van der Waals surface area contributed by atoms with Crippen LogP contribution in [-0.2, 0) is 43.2 Å². The summed E-state index contributed by atoms with van der Waals surface area (Å²) in [7, 11) is 0. The van der Waals surface area contributed by atoms with Crippen LogP contribution in [0.5, 0.6) is 0 Å². The van der Waals surface area contributed by atoms with Gasteiger partial charge in [0.25, 0.3) is 0 Å². The maximum atomic E-state index is 14.9. The number of aromatic nitrogens is 3. The van der Waals surface area contributed by atoms with Crippen molar-refractivity contribution in [3.63, 3.8) is 0 Å². The molecule has 0 unspecified atom stereocenters. The Kier molecular flexibility index (Phi) is 14.6. The average Bonchev–Trinajstić information content (AvgIpc) is 3.86. The van der Waals surface area contributed by atoms with Gasteiger partial charge in [-0.25, -0.2) is 0 Å². The van der Waals surface area contributed by atoms with E-state index >= 15 is 0 Å². The first kappa shape index (κ1) is 44.1. The van der Waals surface area contributed by atoms with Gasteiger partial charge in [-0.15, -0.1) is 0 Å². The largest absolute Gasteiger partial charge is 0.368 e.